The molecule has 1 fully saturated rings. The summed E-state index contributed by atoms with van der Waals surface area (Å²) in [6.07, 6.45) is 2.65. The minimum absolute atomic E-state index is 0.0128. The van der Waals surface area contributed by atoms with Gasteiger partial charge in [0, 0.05) is 10.8 Å². The zero-order valence-corrected chi connectivity index (χ0v) is 12.2. The Bertz CT molecular complexity index is 567. The molecule has 1 saturated carbocycles. The van der Waals surface area contributed by atoms with Crippen LogP contribution in [0.2, 0.25) is 0 Å². The molecule has 0 radical (unpaired) electrons. The first-order valence-corrected chi connectivity index (χ1v) is 7.76. The summed E-state index contributed by atoms with van der Waals surface area (Å²) in [6, 6.07) is 0. The molecule has 1 aromatic heterocycles. The molecule has 2 amide bonds. The second-order valence-electron chi connectivity index (χ2n) is 5.37. The Morgan fingerprint density at radius 3 is 2.95 bits per heavy atom. The van der Waals surface area contributed by atoms with Crippen LogP contribution in [0.3, 0.4) is 0 Å². The lowest BCUT2D eigenvalue weighted by Crippen LogP contribution is -2.20. The Morgan fingerprint density at radius 2 is 2.30 bits per heavy atom. The lowest BCUT2D eigenvalue weighted by Gasteiger charge is -2.12. The number of fused-ring (bicyclic) bond motifs is 1. The van der Waals surface area contributed by atoms with Crippen molar-refractivity contribution in [2.75, 3.05) is 11.9 Å². The maximum absolute atomic E-state index is 12.1. The van der Waals surface area contributed by atoms with E-state index in [9.17, 15) is 9.59 Å². The third kappa shape index (κ3) is 2.33. The molecule has 2 aliphatic rings. The molecule has 108 valence electrons. The van der Waals surface area contributed by atoms with Crippen LogP contribution in [0.5, 0.6) is 0 Å². The van der Waals surface area contributed by atoms with E-state index < -0.39 is 5.91 Å². The van der Waals surface area contributed by atoms with Crippen molar-refractivity contribution in [1.82, 2.24) is 0 Å². The topological polar surface area (TPSA) is 81.4 Å². The molecule has 5 nitrogen and oxygen atoms in total. The molecule has 2 heterocycles. The molecule has 0 spiro atoms. The molecule has 0 bridgehead atoms. The Morgan fingerprint density at radius 1 is 1.50 bits per heavy atom. The van der Waals surface area contributed by atoms with Gasteiger partial charge in [-0.05, 0) is 24.3 Å². The van der Waals surface area contributed by atoms with Crippen molar-refractivity contribution in [3.8, 4) is 0 Å². The van der Waals surface area contributed by atoms with Gasteiger partial charge in [-0.1, -0.05) is 13.3 Å². The van der Waals surface area contributed by atoms with Crippen molar-refractivity contribution in [2.24, 2.45) is 17.6 Å². The van der Waals surface area contributed by atoms with E-state index in [2.05, 4.69) is 12.2 Å². The summed E-state index contributed by atoms with van der Waals surface area (Å²) in [7, 11) is 0. The van der Waals surface area contributed by atoms with Crippen LogP contribution in [0.4, 0.5) is 5.00 Å². The first kappa shape index (κ1) is 13.6. The highest BCUT2D eigenvalue weighted by atomic mass is 32.1. The summed E-state index contributed by atoms with van der Waals surface area (Å²) in [5.41, 5.74) is 6.91. The predicted octanol–water partition coefficient (Wildman–Crippen LogP) is 1.90. The number of primary amides is 1. The van der Waals surface area contributed by atoms with Gasteiger partial charge < -0.3 is 15.8 Å². The molecular weight excluding hydrogens is 276 g/mol. The summed E-state index contributed by atoms with van der Waals surface area (Å²) < 4.78 is 5.39. The predicted molar refractivity (Wildman–Crippen MR) is 76.7 cm³/mol. The van der Waals surface area contributed by atoms with E-state index in [1.807, 2.05) is 0 Å². The lowest BCUT2D eigenvalue weighted by molar-refractivity contribution is -0.117. The molecule has 3 rings (SSSR count). The molecule has 3 N–H and O–H groups in total. The summed E-state index contributed by atoms with van der Waals surface area (Å²) in [5.74, 6) is 0.127. The smallest absolute Gasteiger partial charge is 0.251 e. The molecule has 0 saturated heterocycles. The van der Waals surface area contributed by atoms with E-state index in [0.717, 1.165) is 23.3 Å². The van der Waals surface area contributed by atoms with Crippen molar-refractivity contribution in [3.05, 3.63) is 16.0 Å². The SMILES string of the molecule is CCC1CC1C(=O)Nc1sc2c(c1C(N)=O)CCOC2. The van der Waals surface area contributed by atoms with Crippen LogP contribution in [0.15, 0.2) is 0 Å². The van der Waals surface area contributed by atoms with Gasteiger partial charge in [0.1, 0.15) is 5.00 Å². The average molecular weight is 294 g/mol. The van der Waals surface area contributed by atoms with Crippen LogP contribution in [0.1, 0.15) is 40.6 Å². The normalized spacial score (nSPS) is 24.1. The minimum atomic E-state index is -0.470. The van der Waals surface area contributed by atoms with Crippen molar-refractivity contribution in [1.29, 1.82) is 0 Å². The first-order chi connectivity index (χ1) is 9.61. The summed E-state index contributed by atoms with van der Waals surface area (Å²) in [5, 5.41) is 3.50. The monoisotopic (exact) mass is 294 g/mol. The highest BCUT2D eigenvalue weighted by Gasteiger charge is 2.42. The maximum atomic E-state index is 12.1. The third-order valence-electron chi connectivity index (χ3n) is 4.09. The molecule has 1 aromatic rings. The average Bonchev–Trinajstić information content (AvgIpc) is 3.12. The van der Waals surface area contributed by atoms with Gasteiger partial charge in [-0.2, -0.15) is 0 Å². The van der Waals surface area contributed by atoms with Crippen LogP contribution in [0, 0.1) is 11.8 Å². The highest BCUT2D eigenvalue weighted by molar-refractivity contribution is 7.17. The van der Waals surface area contributed by atoms with Gasteiger partial charge in [-0.25, -0.2) is 0 Å². The molecule has 20 heavy (non-hydrogen) atoms. The number of nitrogens with one attached hydrogen (secondary N) is 1. The van der Waals surface area contributed by atoms with Gasteiger partial charge in [0.25, 0.3) is 5.91 Å². The molecule has 1 aliphatic heterocycles. The fourth-order valence-corrected chi connectivity index (χ4v) is 4.00. The van der Waals surface area contributed by atoms with E-state index >= 15 is 0 Å². The largest absolute Gasteiger partial charge is 0.376 e. The number of carbonyl (C=O) groups is 2. The Hall–Kier alpha value is -1.40. The van der Waals surface area contributed by atoms with Crippen LogP contribution in [-0.2, 0) is 22.6 Å². The second kappa shape index (κ2) is 5.18. The van der Waals surface area contributed by atoms with Crippen molar-refractivity contribution in [2.45, 2.75) is 32.8 Å². The molecule has 2 atom stereocenters. The number of carbonyl (C=O) groups excluding carboxylic acids is 2. The van der Waals surface area contributed by atoms with Gasteiger partial charge in [-0.15, -0.1) is 11.3 Å². The fourth-order valence-electron chi connectivity index (χ4n) is 2.81. The Kier molecular flexibility index (Phi) is 3.52. The van der Waals surface area contributed by atoms with Crippen LogP contribution >= 0.6 is 11.3 Å². The summed E-state index contributed by atoms with van der Waals surface area (Å²) in [4.78, 5) is 24.8. The standard InChI is InChI=1S/C14H18N2O3S/c1-2-7-5-9(7)13(18)16-14-11(12(15)17)8-3-4-19-6-10(8)20-14/h7,9H,2-6H2,1H3,(H2,15,17)(H,16,18). The zero-order valence-electron chi connectivity index (χ0n) is 11.4. The summed E-state index contributed by atoms with van der Waals surface area (Å²) in [6.45, 7) is 3.18. The molecular formula is C14H18N2O3S. The number of anilines is 1. The van der Waals surface area contributed by atoms with Gasteiger partial charge in [0.05, 0.1) is 18.8 Å². The van der Waals surface area contributed by atoms with Gasteiger partial charge >= 0.3 is 0 Å². The second-order valence-corrected chi connectivity index (χ2v) is 6.48. The van der Waals surface area contributed by atoms with E-state index in [0.29, 0.717) is 36.1 Å². The number of hydrogen-bond acceptors (Lipinski definition) is 4. The van der Waals surface area contributed by atoms with Gasteiger partial charge in [0.2, 0.25) is 5.91 Å². The Labute approximate surface area is 121 Å². The van der Waals surface area contributed by atoms with Gasteiger partial charge in [-0.3, -0.25) is 9.59 Å². The van der Waals surface area contributed by atoms with E-state index in [-0.39, 0.29) is 11.8 Å². The highest BCUT2D eigenvalue weighted by Crippen LogP contribution is 2.43. The molecule has 2 unspecified atom stereocenters. The minimum Gasteiger partial charge on any atom is -0.376 e. The maximum Gasteiger partial charge on any atom is 0.251 e. The fraction of sp³-hybridized carbons (Fsp3) is 0.571. The van der Waals surface area contributed by atoms with E-state index in [1.165, 1.54) is 11.3 Å². The number of nitrogens with two attached hydrogens (primary N) is 1. The van der Waals surface area contributed by atoms with Crippen molar-refractivity contribution >= 4 is 28.2 Å². The number of amides is 2. The number of hydrogen-bond donors (Lipinski definition) is 2. The van der Waals surface area contributed by atoms with Crippen LogP contribution < -0.4 is 11.1 Å². The molecule has 1 aliphatic carbocycles. The van der Waals surface area contributed by atoms with Crippen molar-refractivity contribution in [3.63, 3.8) is 0 Å². The number of ether oxygens (including phenoxy) is 1. The summed E-state index contributed by atoms with van der Waals surface area (Å²) >= 11 is 1.41. The van der Waals surface area contributed by atoms with Crippen LogP contribution in [-0.4, -0.2) is 18.4 Å². The van der Waals surface area contributed by atoms with Crippen molar-refractivity contribution < 1.29 is 14.3 Å². The third-order valence-corrected chi connectivity index (χ3v) is 5.21. The zero-order chi connectivity index (χ0) is 14.3. The first-order valence-electron chi connectivity index (χ1n) is 6.94. The van der Waals surface area contributed by atoms with Crippen LogP contribution in [0.25, 0.3) is 0 Å². The van der Waals surface area contributed by atoms with E-state index in [4.69, 9.17) is 10.5 Å². The molecule has 6 heteroatoms. The number of thiophene rings is 1. The van der Waals surface area contributed by atoms with Gasteiger partial charge in [0.15, 0.2) is 0 Å². The lowest BCUT2D eigenvalue weighted by atomic mass is 10.1. The number of rotatable bonds is 4. The Balaban J connectivity index is 1.84. The van der Waals surface area contributed by atoms with E-state index in [1.54, 1.807) is 0 Å². The quantitative estimate of drug-likeness (QED) is 0.890. The molecule has 0 aromatic carbocycles.